The molecule has 0 aliphatic carbocycles. The van der Waals surface area contributed by atoms with E-state index in [0.29, 0.717) is 6.54 Å². The molecule has 6 heteroatoms. The van der Waals surface area contributed by atoms with E-state index in [0.717, 1.165) is 15.7 Å². The van der Waals surface area contributed by atoms with Gasteiger partial charge in [-0.3, -0.25) is 0 Å². The second-order valence-electron chi connectivity index (χ2n) is 4.21. The fraction of sp³-hybridized carbons (Fsp3) is 0.143. The number of nitrogens with one attached hydrogen (secondary N) is 2. The van der Waals surface area contributed by atoms with Gasteiger partial charge in [-0.1, -0.05) is 28.1 Å². The Labute approximate surface area is 127 Å². The van der Waals surface area contributed by atoms with Crippen LogP contribution in [0.5, 0.6) is 0 Å². The maximum atomic E-state index is 11.6. The first-order valence-electron chi connectivity index (χ1n) is 6.03. The average molecular weight is 355 g/mol. The Balaban J connectivity index is 2.03. The van der Waals surface area contributed by atoms with Crippen LogP contribution in [-0.2, 0) is 16.6 Å². The van der Waals surface area contributed by atoms with Gasteiger partial charge in [0.2, 0.25) is 10.0 Å². The summed E-state index contributed by atoms with van der Waals surface area (Å²) in [6.45, 7) is 0.686. The van der Waals surface area contributed by atoms with E-state index in [-0.39, 0.29) is 4.90 Å². The average Bonchev–Trinajstić information content (AvgIpc) is 2.47. The smallest absolute Gasteiger partial charge is 0.240 e. The fourth-order valence-corrected chi connectivity index (χ4v) is 2.67. The van der Waals surface area contributed by atoms with E-state index >= 15 is 0 Å². The van der Waals surface area contributed by atoms with Gasteiger partial charge in [0, 0.05) is 16.7 Å². The van der Waals surface area contributed by atoms with Gasteiger partial charge in [0.15, 0.2) is 0 Å². The minimum Gasteiger partial charge on any atom is -0.381 e. The van der Waals surface area contributed by atoms with E-state index in [4.69, 9.17) is 0 Å². The van der Waals surface area contributed by atoms with Gasteiger partial charge in [-0.05, 0) is 49.0 Å². The van der Waals surface area contributed by atoms with Crippen LogP contribution in [0, 0.1) is 0 Å². The van der Waals surface area contributed by atoms with Crippen LogP contribution in [-0.4, -0.2) is 15.5 Å². The Kier molecular flexibility index (Phi) is 4.80. The normalized spacial score (nSPS) is 11.3. The summed E-state index contributed by atoms with van der Waals surface area (Å²) >= 11 is 3.39. The van der Waals surface area contributed by atoms with Crippen molar-refractivity contribution in [2.45, 2.75) is 11.4 Å². The van der Waals surface area contributed by atoms with Gasteiger partial charge in [0.05, 0.1) is 4.90 Å². The third kappa shape index (κ3) is 3.82. The van der Waals surface area contributed by atoms with Gasteiger partial charge < -0.3 is 5.32 Å². The highest BCUT2D eigenvalue weighted by Gasteiger charge is 2.10. The molecule has 2 rings (SSSR count). The second-order valence-corrected chi connectivity index (χ2v) is 7.01. The SMILES string of the molecule is CNS(=O)(=O)c1ccc(NCc2ccc(Br)cc2)cc1. The third-order valence-electron chi connectivity index (χ3n) is 2.84. The molecule has 2 aromatic rings. The minimum absolute atomic E-state index is 0.259. The summed E-state index contributed by atoms with van der Waals surface area (Å²) in [7, 11) is -1.97. The van der Waals surface area contributed by atoms with Crippen LogP contribution >= 0.6 is 15.9 Å². The molecule has 0 radical (unpaired) electrons. The van der Waals surface area contributed by atoms with E-state index in [2.05, 4.69) is 26.0 Å². The van der Waals surface area contributed by atoms with Crippen molar-refractivity contribution >= 4 is 31.6 Å². The van der Waals surface area contributed by atoms with E-state index < -0.39 is 10.0 Å². The molecule has 106 valence electrons. The number of hydrogen-bond donors (Lipinski definition) is 2. The third-order valence-corrected chi connectivity index (χ3v) is 4.80. The Morgan fingerprint density at radius 2 is 1.60 bits per heavy atom. The van der Waals surface area contributed by atoms with Crippen LogP contribution < -0.4 is 10.0 Å². The summed E-state index contributed by atoms with van der Waals surface area (Å²) in [5.74, 6) is 0. The molecule has 0 spiro atoms. The molecule has 0 fully saturated rings. The van der Waals surface area contributed by atoms with Crippen LogP contribution in [0.3, 0.4) is 0 Å². The van der Waals surface area contributed by atoms with Crippen molar-refractivity contribution in [3.05, 3.63) is 58.6 Å². The molecule has 0 unspecified atom stereocenters. The first kappa shape index (κ1) is 15.0. The summed E-state index contributed by atoms with van der Waals surface area (Å²) in [5.41, 5.74) is 2.03. The summed E-state index contributed by atoms with van der Waals surface area (Å²) < 4.78 is 26.5. The Morgan fingerprint density at radius 3 is 2.15 bits per heavy atom. The number of anilines is 1. The van der Waals surface area contributed by atoms with E-state index in [1.165, 1.54) is 7.05 Å². The number of benzene rings is 2. The zero-order valence-corrected chi connectivity index (χ0v) is 13.3. The fourth-order valence-electron chi connectivity index (χ4n) is 1.68. The Bertz CT molecular complexity index is 667. The molecular formula is C14H15BrN2O2S. The largest absolute Gasteiger partial charge is 0.381 e. The topological polar surface area (TPSA) is 58.2 Å². The van der Waals surface area contributed by atoms with Crippen LogP contribution in [0.2, 0.25) is 0 Å². The molecule has 0 bridgehead atoms. The highest BCUT2D eigenvalue weighted by Crippen LogP contribution is 2.15. The van der Waals surface area contributed by atoms with Gasteiger partial charge in [-0.15, -0.1) is 0 Å². The van der Waals surface area contributed by atoms with Crippen molar-refractivity contribution in [1.82, 2.24) is 4.72 Å². The standard InChI is InChI=1S/C14H15BrN2O2S/c1-16-20(18,19)14-8-6-13(7-9-14)17-10-11-2-4-12(15)5-3-11/h2-9,16-17H,10H2,1H3. The molecule has 0 aliphatic rings. The molecule has 0 atom stereocenters. The molecule has 0 saturated carbocycles. The summed E-state index contributed by atoms with van der Waals surface area (Å²) in [6.07, 6.45) is 0. The van der Waals surface area contributed by atoms with Gasteiger partial charge in [-0.2, -0.15) is 0 Å². The van der Waals surface area contributed by atoms with Crippen LogP contribution in [0.4, 0.5) is 5.69 Å². The monoisotopic (exact) mass is 354 g/mol. The maximum absolute atomic E-state index is 11.6. The molecule has 0 amide bonds. The second kappa shape index (κ2) is 6.39. The molecule has 0 aliphatic heterocycles. The van der Waals surface area contributed by atoms with Crippen molar-refractivity contribution in [2.75, 3.05) is 12.4 Å². The quantitative estimate of drug-likeness (QED) is 0.867. The summed E-state index contributed by atoms with van der Waals surface area (Å²) in [6, 6.07) is 14.7. The molecule has 0 heterocycles. The van der Waals surface area contributed by atoms with Gasteiger partial charge in [-0.25, -0.2) is 13.1 Å². The van der Waals surface area contributed by atoms with Crippen LogP contribution in [0.25, 0.3) is 0 Å². The molecule has 20 heavy (non-hydrogen) atoms. The van der Waals surface area contributed by atoms with Crippen molar-refractivity contribution in [1.29, 1.82) is 0 Å². The van der Waals surface area contributed by atoms with E-state index in [1.807, 2.05) is 24.3 Å². The lowest BCUT2D eigenvalue weighted by molar-refractivity contribution is 0.588. The lowest BCUT2D eigenvalue weighted by Gasteiger charge is -2.08. The molecule has 4 nitrogen and oxygen atoms in total. The van der Waals surface area contributed by atoms with Gasteiger partial charge in [0.1, 0.15) is 0 Å². The van der Waals surface area contributed by atoms with Crippen LogP contribution in [0.1, 0.15) is 5.56 Å². The zero-order valence-electron chi connectivity index (χ0n) is 10.9. The predicted molar refractivity (Wildman–Crippen MR) is 84.2 cm³/mol. The minimum atomic E-state index is -3.37. The number of halogens is 1. The van der Waals surface area contributed by atoms with Gasteiger partial charge >= 0.3 is 0 Å². The maximum Gasteiger partial charge on any atom is 0.240 e. The number of rotatable bonds is 5. The Morgan fingerprint density at radius 1 is 1.00 bits per heavy atom. The summed E-state index contributed by atoms with van der Waals surface area (Å²) in [5, 5.41) is 3.25. The van der Waals surface area contributed by atoms with Crippen molar-refractivity contribution in [3.8, 4) is 0 Å². The van der Waals surface area contributed by atoms with Gasteiger partial charge in [0.25, 0.3) is 0 Å². The summed E-state index contributed by atoms with van der Waals surface area (Å²) in [4.78, 5) is 0.259. The zero-order chi connectivity index (χ0) is 14.6. The van der Waals surface area contributed by atoms with Crippen LogP contribution in [0.15, 0.2) is 57.9 Å². The van der Waals surface area contributed by atoms with Crippen molar-refractivity contribution < 1.29 is 8.42 Å². The highest BCUT2D eigenvalue weighted by atomic mass is 79.9. The lowest BCUT2D eigenvalue weighted by Crippen LogP contribution is -2.18. The van der Waals surface area contributed by atoms with E-state index in [1.54, 1.807) is 24.3 Å². The molecule has 2 aromatic carbocycles. The first-order chi connectivity index (χ1) is 9.51. The number of hydrogen-bond acceptors (Lipinski definition) is 3. The van der Waals surface area contributed by atoms with Crippen molar-refractivity contribution in [3.63, 3.8) is 0 Å². The highest BCUT2D eigenvalue weighted by molar-refractivity contribution is 9.10. The first-order valence-corrected chi connectivity index (χ1v) is 8.31. The molecule has 2 N–H and O–H groups in total. The molecular weight excluding hydrogens is 340 g/mol. The molecule has 0 saturated heterocycles. The Hall–Kier alpha value is -1.37. The van der Waals surface area contributed by atoms with E-state index in [9.17, 15) is 8.42 Å². The number of sulfonamides is 1. The lowest BCUT2D eigenvalue weighted by atomic mass is 10.2. The van der Waals surface area contributed by atoms with Crippen molar-refractivity contribution in [2.24, 2.45) is 0 Å². The predicted octanol–water partition coefficient (Wildman–Crippen LogP) is 2.97. The molecule has 0 aromatic heterocycles.